The quantitative estimate of drug-likeness (QED) is 0.252. The number of hydrogen-bond donors (Lipinski definition) is 1. The summed E-state index contributed by atoms with van der Waals surface area (Å²) in [6, 6.07) is 11.4. The van der Waals surface area contributed by atoms with E-state index in [1.165, 1.54) is 18.3 Å². The Labute approximate surface area is 300 Å². The Balaban J connectivity index is 1.04. The summed E-state index contributed by atoms with van der Waals surface area (Å²) < 4.78 is 61.3. The number of ether oxygens (including phenoxy) is 1. The van der Waals surface area contributed by atoms with Gasteiger partial charge >= 0.3 is 6.18 Å². The van der Waals surface area contributed by atoms with Crippen LogP contribution in [0.2, 0.25) is 0 Å². The Bertz CT molecular complexity index is 1830. The van der Waals surface area contributed by atoms with Crippen LogP contribution in [0.15, 0.2) is 54.9 Å². The van der Waals surface area contributed by atoms with E-state index in [4.69, 9.17) is 10.5 Å². The van der Waals surface area contributed by atoms with Gasteiger partial charge in [0.05, 0.1) is 37.4 Å². The number of rotatable bonds is 10. The smallest absolute Gasteiger partial charge is 0.376 e. The van der Waals surface area contributed by atoms with E-state index in [1.54, 1.807) is 46.1 Å². The zero-order chi connectivity index (χ0) is 37.0. The first kappa shape index (κ1) is 36.1. The van der Waals surface area contributed by atoms with E-state index in [1.807, 2.05) is 4.90 Å². The third-order valence-electron chi connectivity index (χ3n) is 12.0. The summed E-state index contributed by atoms with van der Waals surface area (Å²) in [6.45, 7) is 6.79. The molecule has 0 bridgehead atoms. The molecular weight excluding hydrogens is 678 g/mol. The highest BCUT2D eigenvalue weighted by Gasteiger charge is 2.60. The van der Waals surface area contributed by atoms with Crippen molar-refractivity contribution in [2.75, 3.05) is 32.8 Å². The third kappa shape index (κ3) is 7.20. The van der Waals surface area contributed by atoms with Gasteiger partial charge < -0.3 is 20.3 Å². The lowest BCUT2D eigenvalue weighted by Crippen LogP contribution is -2.63. The highest BCUT2D eigenvalue weighted by atomic mass is 19.4. The zero-order valence-corrected chi connectivity index (χ0v) is 29.5. The minimum Gasteiger partial charge on any atom is -0.376 e. The lowest BCUT2D eigenvalue weighted by Gasteiger charge is -2.51. The molecule has 3 aromatic rings. The van der Waals surface area contributed by atoms with Gasteiger partial charge in [-0.25, -0.2) is 4.39 Å². The first-order chi connectivity index (χ1) is 24.6. The van der Waals surface area contributed by atoms with Crippen molar-refractivity contribution in [2.45, 2.75) is 71.2 Å². The molecular formula is C39H45F4N5O4. The topological polar surface area (TPSA) is 111 Å². The maximum absolute atomic E-state index is 13.8. The van der Waals surface area contributed by atoms with Crippen molar-refractivity contribution in [3.05, 3.63) is 88.5 Å². The molecule has 3 amide bonds. The van der Waals surface area contributed by atoms with Crippen molar-refractivity contribution in [3.8, 4) is 0 Å². The monoisotopic (exact) mass is 723 g/mol. The lowest BCUT2D eigenvalue weighted by atomic mass is 9.71. The summed E-state index contributed by atoms with van der Waals surface area (Å²) in [5.41, 5.74) is 8.32. The van der Waals surface area contributed by atoms with E-state index in [9.17, 15) is 31.9 Å². The van der Waals surface area contributed by atoms with E-state index in [0.29, 0.717) is 67.8 Å². The SMILES string of the molecule is CC1(C)C[C@@H]1C(=O)N1CC2(CN(C(=O)c3cnn(Cc4ccc(F)cc4)c3)C[C@H]2COCc2cccc(C3CCC(C(F)(F)F)CC3)c2C(N)=O)C1. The fourth-order valence-electron chi connectivity index (χ4n) is 8.70. The highest BCUT2D eigenvalue weighted by Crippen LogP contribution is 2.55. The summed E-state index contributed by atoms with van der Waals surface area (Å²) in [4.78, 5) is 43.5. The van der Waals surface area contributed by atoms with Gasteiger partial charge in [-0.2, -0.15) is 18.3 Å². The molecule has 7 rings (SSSR count). The number of amides is 3. The first-order valence-corrected chi connectivity index (χ1v) is 18.0. The van der Waals surface area contributed by atoms with E-state index in [-0.39, 0.29) is 72.3 Å². The predicted molar refractivity (Wildman–Crippen MR) is 183 cm³/mol. The molecule has 0 radical (unpaired) electrons. The minimum absolute atomic E-state index is 0.00156. The molecule has 0 unspecified atom stereocenters. The van der Waals surface area contributed by atoms with E-state index < -0.39 is 18.0 Å². The summed E-state index contributed by atoms with van der Waals surface area (Å²) in [6.07, 6.45) is 0.516. The Morgan fingerprint density at radius 3 is 2.29 bits per heavy atom. The molecule has 2 N–H and O–H groups in total. The number of hydrogen-bond acceptors (Lipinski definition) is 5. The molecule has 13 heteroatoms. The number of carbonyl (C=O) groups excluding carboxylic acids is 3. The van der Waals surface area contributed by atoms with Crippen LogP contribution in [0.4, 0.5) is 17.6 Å². The maximum Gasteiger partial charge on any atom is 0.391 e. The van der Waals surface area contributed by atoms with Gasteiger partial charge in [0.15, 0.2) is 0 Å². The maximum atomic E-state index is 13.8. The van der Waals surface area contributed by atoms with Crippen molar-refractivity contribution in [1.29, 1.82) is 0 Å². The van der Waals surface area contributed by atoms with Crippen molar-refractivity contribution in [1.82, 2.24) is 19.6 Å². The molecule has 1 aromatic heterocycles. The Hall–Kier alpha value is -4.26. The van der Waals surface area contributed by atoms with E-state index >= 15 is 0 Å². The average Bonchev–Trinajstić information content (AvgIpc) is 3.37. The van der Waals surface area contributed by atoms with Crippen molar-refractivity contribution < 1.29 is 36.7 Å². The fraction of sp³-hybridized carbons (Fsp3) is 0.538. The largest absolute Gasteiger partial charge is 0.391 e. The number of carbonyl (C=O) groups is 3. The van der Waals surface area contributed by atoms with Gasteiger partial charge in [0, 0.05) is 55.2 Å². The van der Waals surface area contributed by atoms with E-state index in [2.05, 4.69) is 18.9 Å². The second-order valence-corrected chi connectivity index (χ2v) is 16.1. The van der Waals surface area contributed by atoms with Crippen molar-refractivity contribution in [2.24, 2.45) is 34.3 Å². The second-order valence-electron chi connectivity index (χ2n) is 16.1. The summed E-state index contributed by atoms with van der Waals surface area (Å²) in [7, 11) is 0. The van der Waals surface area contributed by atoms with Crippen LogP contribution in [-0.4, -0.2) is 76.3 Å². The molecule has 2 atom stereocenters. The van der Waals surface area contributed by atoms with Crippen LogP contribution in [0, 0.1) is 34.4 Å². The lowest BCUT2D eigenvalue weighted by molar-refractivity contribution is -0.182. The molecule has 4 aliphatic rings. The molecule has 3 heterocycles. The number of nitrogens with zero attached hydrogens (tertiary/aromatic N) is 4. The fourth-order valence-corrected chi connectivity index (χ4v) is 8.70. The van der Waals surface area contributed by atoms with Gasteiger partial charge in [0.2, 0.25) is 11.8 Å². The first-order valence-electron chi connectivity index (χ1n) is 18.0. The van der Waals surface area contributed by atoms with Gasteiger partial charge in [-0.15, -0.1) is 0 Å². The summed E-state index contributed by atoms with van der Waals surface area (Å²) in [5, 5.41) is 4.36. The van der Waals surface area contributed by atoms with Crippen LogP contribution >= 0.6 is 0 Å². The predicted octanol–water partition coefficient (Wildman–Crippen LogP) is 6.17. The molecule has 2 aromatic carbocycles. The summed E-state index contributed by atoms with van der Waals surface area (Å²) in [5.74, 6) is -2.62. The van der Waals surface area contributed by atoms with E-state index in [0.717, 1.165) is 12.0 Å². The molecule has 2 saturated carbocycles. The Kier molecular flexibility index (Phi) is 9.46. The number of primary amides is 1. The van der Waals surface area contributed by atoms with Crippen LogP contribution < -0.4 is 5.73 Å². The molecule has 1 spiro atoms. The van der Waals surface area contributed by atoms with Gasteiger partial charge in [-0.1, -0.05) is 44.2 Å². The molecule has 2 aliphatic heterocycles. The molecule has 9 nitrogen and oxygen atoms in total. The Morgan fingerprint density at radius 1 is 0.981 bits per heavy atom. The number of aromatic nitrogens is 2. The number of nitrogens with two attached hydrogens (primary N) is 1. The molecule has 278 valence electrons. The summed E-state index contributed by atoms with van der Waals surface area (Å²) >= 11 is 0. The van der Waals surface area contributed by atoms with Crippen LogP contribution in [0.1, 0.15) is 89.3 Å². The van der Waals surface area contributed by atoms with Crippen LogP contribution in [0.25, 0.3) is 0 Å². The third-order valence-corrected chi connectivity index (χ3v) is 12.0. The second kappa shape index (κ2) is 13.6. The number of alkyl halides is 3. The Morgan fingerprint density at radius 2 is 1.65 bits per heavy atom. The van der Waals surface area contributed by atoms with Gasteiger partial charge in [-0.3, -0.25) is 19.1 Å². The van der Waals surface area contributed by atoms with Gasteiger partial charge in [-0.05, 0) is 72.3 Å². The highest BCUT2D eigenvalue weighted by molar-refractivity contribution is 5.96. The van der Waals surface area contributed by atoms with Gasteiger partial charge in [0.25, 0.3) is 5.91 Å². The number of halogens is 4. The van der Waals surface area contributed by atoms with Gasteiger partial charge in [0.1, 0.15) is 5.82 Å². The standard InChI is InChI=1S/C39H45F4N5O4/c1-37(2)14-32(37)36(51)47-22-38(23-47)21-46(35(50)27-15-45-48(17-27)16-24-6-12-30(40)13-7-24)18-29(38)20-52-19-26-4-3-5-31(33(26)34(44)49)25-8-10-28(11-9-25)39(41,42)43/h3-7,12-13,15,17,25,28-29,32H,8-11,14,16,18-23H2,1-2H3,(H2,44,49)/t25?,28?,29-,32+/m0/s1. The molecule has 2 aliphatic carbocycles. The van der Waals surface area contributed by atoms with Crippen molar-refractivity contribution >= 4 is 17.7 Å². The number of likely N-dealkylation sites (tertiary alicyclic amines) is 2. The normalized spacial score (nSPS) is 24.9. The molecule has 2 saturated heterocycles. The van der Waals surface area contributed by atoms with Crippen LogP contribution in [-0.2, 0) is 22.7 Å². The van der Waals surface area contributed by atoms with Crippen LogP contribution in [0.5, 0.6) is 0 Å². The minimum atomic E-state index is -4.22. The average molecular weight is 724 g/mol. The molecule has 4 fully saturated rings. The van der Waals surface area contributed by atoms with Crippen molar-refractivity contribution in [3.63, 3.8) is 0 Å². The molecule has 52 heavy (non-hydrogen) atoms. The number of benzene rings is 2. The van der Waals surface area contributed by atoms with Crippen LogP contribution in [0.3, 0.4) is 0 Å². The zero-order valence-electron chi connectivity index (χ0n) is 29.5.